The number of nitro benzene ring substituents is 1. The molecule has 0 saturated carbocycles. The van der Waals surface area contributed by atoms with Crippen LogP contribution in [0.3, 0.4) is 0 Å². The zero-order chi connectivity index (χ0) is 15.2. The molecule has 112 valence electrons. The molecule has 0 amide bonds. The summed E-state index contributed by atoms with van der Waals surface area (Å²) in [6.45, 7) is 0.560. The van der Waals surface area contributed by atoms with E-state index >= 15 is 0 Å². The minimum atomic E-state index is -3.92. The fourth-order valence-corrected chi connectivity index (χ4v) is 2.77. The van der Waals surface area contributed by atoms with Gasteiger partial charge in [0.25, 0.3) is 5.69 Å². The molecule has 0 aromatic heterocycles. The van der Waals surface area contributed by atoms with Gasteiger partial charge < -0.3 is 10.1 Å². The Hall–Kier alpha value is -1.71. The van der Waals surface area contributed by atoms with E-state index in [1.54, 1.807) is 7.05 Å². The molecule has 1 aromatic carbocycles. The van der Waals surface area contributed by atoms with Crippen molar-refractivity contribution in [3.8, 4) is 0 Å². The number of benzene rings is 1. The summed E-state index contributed by atoms with van der Waals surface area (Å²) in [7, 11) is -0.813. The van der Waals surface area contributed by atoms with Gasteiger partial charge in [0, 0.05) is 39.1 Å². The molecular weight excluding hydrogens is 286 g/mol. The maximum Gasteiger partial charge on any atom is 0.291 e. The van der Waals surface area contributed by atoms with Gasteiger partial charge in [-0.05, 0) is 18.6 Å². The van der Waals surface area contributed by atoms with Crippen LogP contribution in [0.15, 0.2) is 23.1 Å². The Labute approximate surface area is 117 Å². The number of sulfonamides is 1. The van der Waals surface area contributed by atoms with E-state index in [9.17, 15) is 18.5 Å². The second kappa shape index (κ2) is 7.17. The van der Waals surface area contributed by atoms with Crippen LogP contribution in [0.25, 0.3) is 0 Å². The maximum absolute atomic E-state index is 12.0. The molecule has 20 heavy (non-hydrogen) atoms. The van der Waals surface area contributed by atoms with E-state index < -0.39 is 20.6 Å². The van der Waals surface area contributed by atoms with Crippen LogP contribution < -0.4 is 10.0 Å². The number of anilines is 1. The van der Waals surface area contributed by atoms with Gasteiger partial charge in [0.1, 0.15) is 0 Å². The van der Waals surface area contributed by atoms with Crippen molar-refractivity contribution in [1.82, 2.24) is 4.72 Å². The highest BCUT2D eigenvalue weighted by molar-refractivity contribution is 7.89. The second-order valence-corrected chi connectivity index (χ2v) is 5.67. The van der Waals surface area contributed by atoms with Crippen molar-refractivity contribution >= 4 is 21.4 Å². The maximum atomic E-state index is 12.0. The molecule has 9 heteroatoms. The van der Waals surface area contributed by atoms with Gasteiger partial charge in [0.15, 0.2) is 4.90 Å². The Bertz CT molecular complexity index is 573. The smallest absolute Gasteiger partial charge is 0.291 e. The minimum Gasteiger partial charge on any atom is -0.388 e. The summed E-state index contributed by atoms with van der Waals surface area (Å²) in [6.07, 6.45) is 0.484. The van der Waals surface area contributed by atoms with Crippen LogP contribution in [0.1, 0.15) is 6.42 Å². The molecule has 0 bridgehead atoms. The molecule has 0 fully saturated rings. The van der Waals surface area contributed by atoms with Gasteiger partial charge in [-0.2, -0.15) is 0 Å². The first-order valence-electron chi connectivity index (χ1n) is 5.87. The first kappa shape index (κ1) is 16.3. The van der Waals surface area contributed by atoms with Crippen LogP contribution in [0.5, 0.6) is 0 Å². The number of hydrogen-bond acceptors (Lipinski definition) is 6. The molecule has 8 nitrogen and oxygen atoms in total. The third-order valence-corrected chi connectivity index (χ3v) is 4.06. The van der Waals surface area contributed by atoms with Crippen molar-refractivity contribution in [3.63, 3.8) is 0 Å². The van der Waals surface area contributed by atoms with E-state index in [2.05, 4.69) is 10.0 Å². The lowest BCUT2D eigenvalue weighted by Crippen LogP contribution is -2.26. The minimum absolute atomic E-state index is 0.154. The first-order valence-corrected chi connectivity index (χ1v) is 7.35. The normalized spacial score (nSPS) is 11.3. The zero-order valence-corrected chi connectivity index (χ0v) is 12.1. The van der Waals surface area contributed by atoms with Crippen molar-refractivity contribution in [2.24, 2.45) is 0 Å². The van der Waals surface area contributed by atoms with Gasteiger partial charge in [-0.15, -0.1) is 0 Å². The largest absolute Gasteiger partial charge is 0.388 e. The SMILES string of the molecule is CNc1ccc(S(=O)(=O)NCCCOC)c([N+](=O)[O-])c1. The molecule has 0 aliphatic rings. The average Bonchev–Trinajstić information content (AvgIpc) is 2.42. The summed E-state index contributed by atoms with van der Waals surface area (Å²) >= 11 is 0. The van der Waals surface area contributed by atoms with Gasteiger partial charge in [-0.1, -0.05) is 0 Å². The van der Waals surface area contributed by atoms with Gasteiger partial charge in [0.2, 0.25) is 10.0 Å². The van der Waals surface area contributed by atoms with Crippen LogP contribution in [-0.4, -0.2) is 40.7 Å². The van der Waals surface area contributed by atoms with Crippen molar-refractivity contribution in [3.05, 3.63) is 28.3 Å². The number of nitrogens with zero attached hydrogens (tertiary/aromatic N) is 1. The molecule has 2 N–H and O–H groups in total. The molecule has 0 atom stereocenters. The van der Waals surface area contributed by atoms with Gasteiger partial charge in [-0.25, -0.2) is 13.1 Å². The highest BCUT2D eigenvalue weighted by atomic mass is 32.2. The quantitative estimate of drug-likeness (QED) is 0.420. The molecule has 1 rings (SSSR count). The number of hydrogen-bond donors (Lipinski definition) is 2. The predicted octanol–water partition coefficient (Wildman–Crippen LogP) is 0.951. The van der Waals surface area contributed by atoms with Crippen LogP contribution in [0.4, 0.5) is 11.4 Å². The van der Waals surface area contributed by atoms with Crippen LogP contribution >= 0.6 is 0 Å². The summed E-state index contributed by atoms with van der Waals surface area (Å²) < 4.78 is 31.2. The fraction of sp³-hybridized carbons (Fsp3) is 0.455. The van der Waals surface area contributed by atoms with Crippen LogP contribution in [-0.2, 0) is 14.8 Å². The van der Waals surface area contributed by atoms with Gasteiger partial charge in [-0.3, -0.25) is 10.1 Å². The van der Waals surface area contributed by atoms with Crippen molar-refractivity contribution < 1.29 is 18.1 Å². The monoisotopic (exact) mass is 303 g/mol. The molecule has 0 heterocycles. The number of methoxy groups -OCH3 is 1. The molecule has 0 radical (unpaired) electrons. The predicted molar refractivity (Wildman–Crippen MR) is 74.3 cm³/mol. The fourth-order valence-electron chi connectivity index (χ4n) is 1.54. The molecular formula is C11H17N3O5S. The van der Waals surface area contributed by atoms with E-state index in [0.717, 1.165) is 0 Å². The molecule has 1 aromatic rings. The lowest BCUT2D eigenvalue weighted by molar-refractivity contribution is -0.387. The molecule has 0 unspecified atom stereocenters. The summed E-state index contributed by atoms with van der Waals surface area (Å²) in [5, 5.41) is 13.7. The molecule has 0 spiro atoms. The number of nitro groups is 1. The van der Waals surface area contributed by atoms with E-state index in [-0.39, 0.29) is 11.4 Å². The van der Waals surface area contributed by atoms with Crippen LogP contribution in [0, 0.1) is 10.1 Å². The topological polar surface area (TPSA) is 111 Å². The van der Waals surface area contributed by atoms with Crippen molar-refractivity contribution in [2.45, 2.75) is 11.3 Å². The molecule has 0 aliphatic heterocycles. The third-order valence-electron chi connectivity index (χ3n) is 2.55. The third kappa shape index (κ3) is 4.15. The Morgan fingerprint density at radius 3 is 2.65 bits per heavy atom. The molecule has 0 saturated heterocycles. The number of nitrogens with one attached hydrogen (secondary N) is 2. The Kier molecular flexibility index (Phi) is 5.86. The Balaban J connectivity index is 3.02. The standard InChI is InChI=1S/C11H17N3O5S/c1-12-9-4-5-11(10(8-9)14(15)16)20(17,18)13-6-3-7-19-2/h4-5,8,12-13H,3,6-7H2,1-2H3. The van der Waals surface area contributed by atoms with E-state index in [0.29, 0.717) is 18.7 Å². The lowest BCUT2D eigenvalue weighted by Gasteiger charge is -2.08. The zero-order valence-electron chi connectivity index (χ0n) is 11.3. The van der Waals surface area contributed by atoms with Gasteiger partial charge >= 0.3 is 0 Å². The molecule has 0 aliphatic carbocycles. The lowest BCUT2D eigenvalue weighted by atomic mass is 10.3. The summed E-state index contributed by atoms with van der Waals surface area (Å²) in [5.41, 5.74) is 0.00567. The number of rotatable bonds is 8. The summed E-state index contributed by atoms with van der Waals surface area (Å²) in [6, 6.07) is 3.86. The van der Waals surface area contributed by atoms with E-state index in [1.807, 2.05) is 0 Å². The highest BCUT2D eigenvalue weighted by Crippen LogP contribution is 2.26. The average molecular weight is 303 g/mol. The Morgan fingerprint density at radius 2 is 2.10 bits per heavy atom. The van der Waals surface area contributed by atoms with Crippen LogP contribution in [0.2, 0.25) is 0 Å². The first-order chi connectivity index (χ1) is 9.42. The summed E-state index contributed by atoms with van der Waals surface area (Å²) in [5.74, 6) is 0. The van der Waals surface area contributed by atoms with Crippen molar-refractivity contribution in [1.29, 1.82) is 0 Å². The highest BCUT2D eigenvalue weighted by Gasteiger charge is 2.25. The summed E-state index contributed by atoms with van der Waals surface area (Å²) in [4.78, 5) is 9.91. The van der Waals surface area contributed by atoms with E-state index in [1.165, 1.54) is 25.3 Å². The second-order valence-electron chi connectivity index (χ2n) is 3.93. The Morgan fingerprint density at radius 1 is 1.40 bits per heavy atom. The van der Waals surface area contributed by atoms with E-state index in [4.69, 9.17) is 4.74 Å². The van der Waals surface area contributed by atoms with Crippen molar-refractivity contribution in [2.75, 3.05) is 32.6 Å². The number of ether oxygens (including phenoxy) is 1. The van der Waals surface area contributed by atoms with Gasteiger partial charge in [0.05, 0.1) is 4.92 Å².